The lowest BCUT2D eigenvalue weighted by atomic mass is 10.1. The van der Waals surface area contributed by atoms with Crippen LogP contribution in [0.15, 0.2) is 24.3 Å². The largest absolute Gasteiger partial charge is 0.497 e. The predicted molar refractivity (Wildman–Crippen MR) is 76.7 cm³/mol. The van der Waals surface area contributed by atoms with Crippen LogP contribution in [0.2, 0.25) is 0 Å². The van der Waals surface area contributed by atoms with Crippen LogP contribution in [0.25, 0.3) is 0 Å². The number of carbonyl (C=O) groups is 1. The van der Waals surface area contributed by atoms with Crippen LogP contribution < -0.4 is 4.74 Å². The number of nitrogens with zero attached hydrogens (tertiary/aromatic N) is 1. The van der Waals surface area contributed by atoms with E-state index in [0.717, 1.165) is 31.7 Å². The number of hydrogen-bond donors (Lipinski definition) is 0. The fourth-order valence-corrected chi connectivity index (χ4v) is 2.64. The van der Waals surface area contributed by atoms with E-state index in [4.69, 9.17) is 16.3 Å². The van der Waals surface area contributed by atoms with Crippen LogP contribution in [-0.4, -0.2) is 36.9 Å². The van der Waals surface area contributed by atoms with Crippen molar-refractivity contribution in [2.75, 3.05) is 26.1 Å². The molecule has 0 radical (unpaired) electrons. The summed E-state index contributed by atoms with van der Waals surface area (Å²) < 4.78 is 5.11. The second-order valence-corrected chi connectivity index (χ2v) is 5.31. The molecule has 0 spiro atoms. The van der Waals surface area contributed by atoms with Gasteiger partial charge >= 0.3 is 0 Å². The SMILES string of the molecule is COc1ccc(CCC(=O)N2CCC(CCl)C2)cc1. The molecule has 1 aliphatic rings. The number of alkyl halides is 1. The van der Waals surface area contributed by atoms with Crippen LogP contribution in [0.4, 0.5) is 0 Å². The number of carbonyl (C=O) groups excluding carboxylic acids is 1. The van der Waals surface area contributed by atoms with E-state index in [1.807, 2.05) is 29.2 Å². The maximum atomic E-state index is 12.1. The maximum absolute atomic E-state index is 12.1. The van der Waals surface area contributed by atoms with Crippen molar-refractivity contribution < 1.29 is 9.53 Å². The summed E-state index contributed by atoms with van der Waals surface area (Å²) in [6.45, 7) is 1.68. The summed E-state index contributed by atoms with van der Waals surface area (Å²) >= 11 is 5.83. The summed E-state index contributed by atoms with van der Waals surface area (Å²) in [5, 5.41) is 0. The number of rotatable bonds is 5. The third-order valence-corrected chi connectivity index (χ3v) is 4.08. The molecule has 1 saturated heterocycles. The van der Waals surface area contributed by atoms with Gasteiger partial charge in [0.1, 0.15) is 5.75 Å². The Balaban J connectivity index is 1.80. The lowest BCUT2D eigenvalue weighted by Gasteiger charge is -2.16. The molecule has 2 rings (SSSR count). The van der Waals surface area contributed by atoms with E-state index in [0.29, 0.717) is 18.2 Å². The first-order valence-corrected chi connectivity index (χ1v) is 7.23. The summed E-state index contributed by atoms with van der Waals surface area (Å²) in [6, 6.07) is 7.88. The van der Waals surface area contributed by atoms with Gasteiger partial charge in [0.25, 0.3) is 0 Å². The topological polar surface area (TPSA) is 29.5 Å². The Hall–Kier alpha value is -1.22. The highest BCUT2D eigenvalue weighted by atomic mass is 35.5. The molecule has 1 unspecified atom stereocenters. The molecule has 0 N–H and O–H groups in total. The summed E-state index contributed by atoms with van der Waals surface area (Å²) in [5.41, 5.74) is 1.17. The normalized spacial score (nSPS) is 18.6. The fourth-order valence-electron chi connectivity index (χ4n) is 2.39. The number of benzene rings is 1. The first-order valence-electron chi connectivity index (χ1n) is 6.69. The second-order valence-electron chi connectivity index (χ2n) is 5.00. The molecule has 0 bridgehead atoms. The molecule has 1 aliphatic heterocycles. The van der Waals surface area contributed by atoms with Crippen molar-refractivity contribution >= 4 is 17.5 Å². The van der Waals surface area contributed by atoms with E-state index in [2.05, 4.69) is 0 Å². The molecule has 4 heteroatoms. The van der Waals surface area contributed by atoms with Crippen molar-refractivity contribution in [3.8, 4) is 5.75 Å². The molecule has 0 saturated carbocycles. The van der Waals surface area contributed by atoms with Gasteiger partial charge in [-0.05, 0) is 36.5 Å². The predicted octanol–water partition coefficient (Wildman–Crippen LogP) is 2.72. The third-order valence-electron chi connectivity index (χ3n) is 3.64. The number of ether oxygens (including phenoxy) is 1. The monoisotopic (exact) mass is 281 g/mol. The van der Waals surface area contributed by atoms with Gasteiger partial charge in [0.05, 0.1) is 7.11 Å². The maximum Gasteiger partial charge on any atom is 0.222 e. The zero-order valence-corrected chi connectivity index (χ0v) is 12.0. The quantitative estimate of drug-likeness (QED) is 0.777. The molecular formula is C15H20ClNO2. The highest BCUT2D eigenvalue weighted by Crippen LogP contribution is 2.19. The van der Waals surface area contributed by atoms with E-state index < -0.39 is 0 Å². The van der Waals surface area contributed by atoms with Crippen molar-refractivity contribution in [2.45, 2.75) is 19.3 Å². The molecule has 1 aromatic rings. The van der Waals surface area contributed by atoms with Crippen molar-refractivity contribution in [3.63, 3.8) is 0 Å². The Labute approximate surface area is 119 Å². The Bertz CT molecular complexity index is 419. The van der Waals surface area contributed by atoms with Gasteiger partial charge in [-0.15, -0.1) is 11.6 Å². The van der Waals surface area contributed by atoms with Gasteiger partial charge in [-0.3, -0.25) is 4.79 Å². The Morgan fingerprint density at radius 2 is 2.16 bits per heavy atom. The molecule has 3 nitrogen and oxygen atoms in total. The first-order chi connectivity index (χ1) is 9.22. The van der Waals surface area contributed by atoms with Crippen LogP contribution >= 0.6 is 11.6 Å². The summed E-state index contributed by atoms with van der Waals surface area (Å²) in [6.07, 6.45) is 2.39. The number of hydrogen-bond acceptors (Lipinski definition) is 2. The van der Waals surface area contributed by atoms with Gasteiger partial charge in [0, 0.05) is 25.4 Å². The van der Waals surface area contributed by atoms with Gasteiger partial charge in [-0.2, -0.15) is 0 Å². The zero-order valence-electron chi connectivity index (χ0n) is 11.3. The minimum absolute atomic E-state index is 0.239. The zero-order chi connectivity index (χ0) is 13.7. The van der Waals surface area contributed by atoms with Gasteiger partial charge in [0.15, 0.2) is 0 Å². The summed E-state index contributed by atoms with van der Waals surface area (Å²) in [4.78, 5) is 14.0. The van der Waals surface area contributed by atoms with Crippen LogP contribution in [-0.2, 0) is 11.2 Å². The second kappa shape index (κ2) is 6.80. The van der Waals surface area contributed by atoms with Crippen molar-refractivity contribution in [2.24, 2.45) is 5.92 Å². The van der Waals surface area contributed by atoms with E-state index in [1.165, 1.54) is 5.56 Å². The number of halogens is 1. The third kappa shape index (κ3) is 3.87. The van der Waals surface area contributed by atoms with Gasteiger partial charge < -0.3 is 9.64 Å². The molecule has 1 atom stereocenters. The van der Waals surface area contributed by atoms with Crippen molar-refractivity contribution in [1.29, 1.82) is 0 Å². The lowest BCUT2D eigenvalue weighted by molar-refractivity contribution is -0.130. The standard InChI is InChI=1S/C15H20ClNO2/c1-19-14-5-2-12(3-6-14)4-7-15(18)17-9-8-13(10-16)11-17/h2-3,5-6,13H,4,7-11H2,1H3. The van der Waals surface area contributed by atoms with Crippen LogP contribution in [0.1, 0.15) is 18.4 Å². The number of methoxy groups -OCH3 is 1. The smallest absolute Gasteiger partial charge is 0.222 e. The number of amides is 1. The molecule has 19 heavy (non-hydrogen) atoms. The van der Waals surface area contributed by atoms with Gasteiger partial charge in [-0.25, -0.2) is 0 Å². The molecule has 0 aliphatic carbocycles. The highest BCUT2D eigenvalue weighted by molar-refractivity contribution is 6.18. The molecule has 1 fully saturated rings. The minimum atomic E-state index is 0.239. The van der Waals surface area contributed by atoms with Crippen molar-refractivity contribution in [1.82, 2.24) is 4.90 Å². The molecule has 1 amide bonds. The Morgan fingerprint density at radius 1 is 1.42 bits per heavy atom. The Kier molecular flexibility index (Phi) is 5.08. The van der Waals surface area contributed by atoms with Gasteiger partial charge in [0.2, 0.25) is 5.91 Å². The molecule has 1 aromatic carbocycles. The Morgan fingerprint density at radius 3 is 2.74 bits per heavy atom. The average molecular weight is 282 g/mol. The first kappa shape index (κ1) is 14.2. The number of aryl methyl sites for hydroxylation is 1. The van der Waals surface area contributed by atoms with E-state index in [9.17, 15) is 4.79 Å². The minimum Gasteiger partial charge on any atom is -0.497 e. The van der Waals surface area contributed by atoms with Gasteiger partial charge in [-0.1, -0.05) is 12.1 Å². The summed E-state index contributed by atoms with van der Waals surface area (Å²) in [5.74, 6) is 2.22. The van der Waals surface area contributed by atoms with Crippen molar-refractivity contribution in [3.05, 3.63) is 29.8 Å². The average Bonchev–Trinajstić information content (AvgIpc) is 2.94. The van der Waals surface area contributed by atoms with E-state index >= 15 is 0 Å². The van der Waals surface area contributed by atoms with E-state index in [-0.39, 0.29) is 5.91 Å². The van der Waals surface area contributed by atoms with E-state index in [1.54, 1.807) is 7.11 Å². The molecular weight excluding hydrogens is 262 g/mol. The fraction of sp³-hybridized carbons (Fsp3) is 0.533. The number of likely N-dealkylation sites (tertiary alicyclic amines) is 1. The molecule has 104 valence electrons. The molecule has 0 aromatic heterocycles. The molecule has 1 heterocycles. The summed E-state index contributed by atoms with van der Waals surface area (Å²) in [7, 11) is 1.65. The van der Waals surface area contributed by atoms with Crippen LogP contribution in [0, 0.1) is 5.92 Å². The highest BCUT2D eigenvalue weighted by Gasteiger charge is 2.24. The van der Waals surface area contributed by atoms with Crippen LogP contribution in [0.5, 0.6) is 5.75 Å². The lowest BCUT2D eigenvalue weighted by Crippen LogP contribution is -2.29. The van der Waals surface area contributed by atoms with Crippen LogP contribution in [0.3, 0.4) is 0 Å².